The van der Waals surface area contributed by atoms with Gasteiger partial charge in [-0.05, 0) is 38.5 Å². The molecule has 110 valence electrons. The van der Waals surface area contributed by atoms with E-state index in [0.29, 0.717) is 0 Å². The summed E-state index contributed by atoms with van der Waals surface area (Å²) < 4.78 is 0. The third kappa shape index (κ3) is 3.85. The molecule has 0 aliphatic rings. The van der Waals surface area contributed by atoms with Crippen LogP contribution in [-0.4, -0.2) is 11.1 Å². The molecule has 0 amide bonds. The van der Waals surface area contributed by atoms with Gasteiger partial charge < -0.3 is 10.4 Å². The molecule has 3 heteroatoms. The first kappa shape index (κ1) is 15.1. The summed E-state index contributed by atoms with van der Waals surface area (Å²) in [5.74, 6) is -1.32. The molecule has 0 bridgehead atoms. The fourth-order valence-corrected chi connectivity index (χ4v) is 2.24. The Hall–Kier alpha value is -2.29. The van der Waals surface area contributed by atoms with Crippen LogP contribution in [0.1, 0.15) is 29.7 Å². The number of rotatable bonds is 5. The van der Waals surface area contributed by atoms with Gasteiger partial charge in [0, 0.05) is 5.69 Å². The van der Waals surface area contributed by atoms with Crippen molar-refractivity contribution in [2.75, 3.05) is 5.32 Å². The van der Waals surface area contributed by atoms with E-state index in [2.05, 4.69) is 5.32 Å². The van der Waals surface area contributed by atoms with E-state index in [9.17, 15) is 9.90 Å². The summed E-state index contributed by atoms with van der Waals surface area (Å²) in [7, 11) is 0. The number of aryl methyl sites for hydroxylation is 2. The molecule has 0 heterocycles. The van der Waals surface area contributed by atoms with Crippen LogP contribution in [0.25, 0.3) is 0 Å². The molecule has 0 spiro atoms. The first-order valence-electron chi connectivity index (χ1n) is 7.10. The fourth-order valence-electron chi connectivity index (χ4n) is 2.24. The first-order valence-corrected chi connectivity index (χ1v) is 7.10. The number of nitrogens with one attached hydrogen (secondary N) is 1. The van der Waals surface area contributed by atoms with Gasteiger partial charge in [-0.15, -0.1) is 0 Å². The lowest BCUT2D eigenvalue weighted by atomic mass is 9.93. The van der Waals surface area contributed by atoms with E-state index in [1.807, 2.05) is 62.4 Å². The van der Waals surface area contributed by atoms with Crippen LogP contribution in [-0.2, 0) is 4.79 Å². The third-order valence-corrected chi connectivity index (χ3v) is 3.70. The Morgan fingerprint density at radius 1 is 0.952 bits per heavy atom. The van der Waals surface area contributed by atoms with E-state index >= 15 is 0 Å². The number of hydrogen-bond acceptors (Lipinski definition) is 2. The van der Waals surface area contributed by atoms with Gasteiger partial charge in [-0.25, -0.2) is 0 Å². The topological polar surface area (TPSA) is 49.3 Å². The molecule has 0 fully saturated rings. The van der Waals surface area contributed by atoms with Gasteiger partial charge in [0.15, 0.2) is 0 Å². The summed E-state index contributed by atoms with van der Waals surface area (Å²) in [5, 5.41) is 12.7. The predicted molar refractivity (Wildman–Crippen MR) is 85.5 cm³/mol. The number of carboxylic acid groups (broad SMARTS) is 1. The minimum atomic E-state index is -0.805. The second kappa shape index (κ2) is 6.44. The van der Waals surface area contributed by atoms with E-state index in [1.165, 1.54) is 5.56 Å². The summed E-state index contributed by atoms with van der Waals surface area (Å²) in [6, 6.07) is 15.7. The highest BCUT2D eigenvalue weighted by Crippen LogP contribution is 2.27. The summed E-state index contributed by atoms with van der Waals surface area (Å²) in [6.07, 6.45) is 0. The lowest BCUT2D eigenvalue weighted by Gasteiger charge is -2.24. The minimum Gasteiger partial charge on any atom is -0.481 e. The smallest absolute Gasteiger partial charge is 0.308 e. The molecule has 2 N–H and O–H groups in total. The standard InChI is InChI=1S/C18H21NO2/c1-12-4-8-15(9-5-12)17(14(3)18(20)21)19-16-10-6-13(2)7-11-16/h4-11,14,17,19H,1-3H3,(H,20,21)/t14-,17-/m0/s1. The van der Waals surface area contributed by atoms with Gasteiger partial charge in [-0.3, -0.25) is 4.79 Å². The van der Waals surface area contributed by atoms with Crippen molar-refractivity contribution in [3.8, 4) is 0 Å². The van der Waals surface area contributed by atoms with Crippen LogP contribution in [0, 0.1) is 19.8 Å². The van der Waals surface area contributed by atoms with Crippen LogP contribution < -0.4 is 5.32 Å². The summed E-state index contributed by atoms with van der Waals surface area (Å²) >= 11 is 0. The van der Waals surface area contributed by atoms with Crippen LogP contribution in [0.3, 0.4) is 0 Å². The Labute approximate surface area is 125 Å². The monoisotopic (exact) mass is 283 g/mol. The van der Waals surface area contributed by atoms with Gasteiger partial charge in [0.05, 0.1) is 12.0 Å². The third-order valence-electron chi connectivity index (χ3n) is 3.70. The number of anilines is 1. The predicted octanol–water partition coefficient (Wildman–Crippen LogP) is 4.18. The Morgan fingerprint density at radius 3 is 1.90 bits per heavy atom. The molecule has 3 nitrogen and oxygen atoms in total. The van der Waals surface area contributed by atoms with Crippen LogP contribution in [0.4, 0.5) is 5.69 Å². The first-order chi connectivity index (χ1) is 9.97. The maximum atomic E-state index is 11.4. The SMILES string of the molecule is Cc1ccc(N[C@H](c2ccc(C)cc2)[C@H](C)C(=O)O)cc1. The van der Waals surface area contributed by atoms with E-state index in [1.54, 1.807) is 6.92 Å². The molecule has 21 heavy (non-hydrogen) atoms. The van der Waals surface area contributed by atoms with E-state index in [4.69, 9.17) is 0 Å². The van der Waals surface area contributed by atoms with Gasteiger partial charge in [0.2, 0.25) is 0 Å². The Bertz CT molecular complexity index is 602. The Balaban J connectivity index is 2.29. The van der Waals surface area contributed by atoms with E-state index in [0.717, 1.165) is 16.8 Å². The minimum absolute atomic E-state index is 0.259. The molecule has 2 aromatic carbocycles. The molecular formula is C18H21NO2. The quantitative estimate of drug-likeness (QED) is 0.865. The van der Waals surface area contributed by atoms with Crippen LogP contribution >= 0.6 is 0 Å². The lowest BCUT2D eigenvalue weighted by Crippen LogP contribution is -2.25. The summed E-state index contributed by atoms with van der Waals surface area (Å²) in [4.78, 5) is 11.4. The molecule has 0 saturated heterocycles. The van der Waals surface area contributed by atoms with E-state index in [-0.39, 0.29) is 6.04 Å². The molecule has 0 aromatic heterocycles. The number of carbonyl (C=O) groups is 1. The largest absolute Gasteiger partial charge is 0.481 e. The highest BCUT2D eigenvalue weighted by molar-refractivity contribution is 5.71. The van der Waals surface area contributed by atoms with Crippen LogP contribution in [0.2, 0.25) is 0 Å². The Morgan fingerprint density at radius 2 is 1.43 bits per heavy atom. The molecule has 2 atom stereocenters. The van der Waals surface area contributed by atoms with Gasteiger partial charge in [-0.2, -0.15) is 0 Å². The van der Waals surface area contributed by atoms with Crippen LogP contribution in [0.15, 0.2) is 48.5 Å². The fraction of sp³-hybridized carbons (Fsp3) is 0.278. The average molecular weight is 283 g/mol. The molecule has 0 aliphatic heterocycles. The van der Waals surface area contributed by atoms with Crippen molar-refractivity contribution in [1.29, 1.82) is 0 Å². The maximum Gasteiger partial charge on any atom is 0.308 e. The Kier molecular flexibility index (Phi) is 4.63. The van der Waals surface area contributed by atoms with Gasteiger partial charge >= 0.3 is 5.97 Å². The second-order valence-electron chi connectivity index (χ2n) is 5.53. The summed E-state index contributed by atoms with van der Waals surface area (Å²) in [6.45, 7) is 5.78. The van der Waals surface area contributed by atoms with Gasteiger partial charge in [0.25, 0.3) is 0 Å². The number of aliphatic carboxylic acids is 1. The molecular weight excluding hydrogens is 262 g/mol. The molecule has 2 rings (SSSR count). The number of benzene rings is 2. The zero-order valence-electron chi connectivity index (χ0n) is 12.6. The molecule has 0 saturated carbocycles. The molecule has 0 aliphatic carbocycles. The molecule has 2 aromatic rings. The maximum absolute atomic E-state index is 11.4. The average Bonchev–Trinajstić information content (AvgIpc) is 2.47. The van der Waals surface area contributed by atoms with Crippen molar-refractivity contribution < 1.29 is 9.90 Å². The highest BCUT2D eigenvalue weighted by atomic mass is 16.4. The second-order valence-corrected chi connectivity index (χ2v) is 5.53. The number of hydrogen-bond donors (Lipinski definition) is 2. The van der Waals surface area contributed by atoms with Crippen molar-refractivity contribution in [3.63, 3.8) is 0 Å². The van der Waals surface area contributed by atoms with Gasteiger partial charge in [-0.1, -0.05) is 47.5 Å². The lowest BCUT2D eigenvalue weighted by molar-refractivity contribution is -0.141. The molecule has 0 radical (unpaired) electrons. The van der Waals surface area contributed by atoms with E-state index < -0.39 is 11.9 Å². The number of carboxylic acids is 1. The van der Waals surface area contributed by atoms with Crippen molar-refractivity contribution in [3.05, 3.63) is 65.2 Å². The van der Waals surface area contributed by atoms with Gasteiger partial charge in [0.1, 0.15) is 0 Å². The molecule has 0 unspecified atom stereocenters. The highest BCUT2D eigenvalue weighted by Gasteiger charge is 2.25. The van der Waals surface area contributed by atoms with Crippen molar-refractivity contribution in [1.82, 2.24) is 0 Å². The zero-order chi connectivity index (χ0) is 15.4. The van der Waals surface area contributed by atoms with Crippen molar-refractivity contribution >= 4 is 11.7 Å². The van der Waals surface area contributed by atoms with Crippen molar-refractivity contribution in [2.45, 2.75) is 26.8 Å². The van der Waals surface area contributed by atoms with Crippen LogP contribution in [0.5, 0.6) is 0 Å². The summed E-state index contributed by atoms with van der Waals surface area (Å²) in [5.41, 5.74) is 4.25. The normalized spacial score (nSPS) is 13.5. The zero-order valence-corrected chi connectivity index (χ0v) is 12.6. The van der Waals surface area contributed by atoms with Crippen molar-refractivity contribution in [2.24, 2.45) is 5.92 Å².